The lowest BCUT2D eigenvalue weighted by Crippen LogP contribution is -2.68. The number of rotatable bonds is 7. The van der Waals surface area contributed by atoms with Crippen LogP contribution in [0.1, 0.15) is 62.8 Å². The summed E-state index contributed by atoms with van der Waals surface area (Å²) < 4.78 is 40.4. The van der Waals surface area contributed by atoms with E-state index >= 15 is 0 Å². The van der Waals surface area contributed by atoms with Crippen LogP contribution in [0.5, 0.6) is 5.75 Å². The number of carbonyl (C=O) groups is 1. The van der Waals surface area contributed by atoms with E-state index < -0.39 is 21.5 Å². The number of ether oxygens (including phenoxy) is 2. The predicted molar refractivity (Wildman–Crippen MR) is 137 cm³/mol. The van der Waals surface area contributed by atoms with E-state index in [9.17, 15) is 13.2 Å². The van der Waals surface area contributed by atoms with Gasteiger partial charge in [0.1, 0.15) is 17.2 Å². The monoisotopic (exact) mass is 543 g/mol. The predicted octanol–water partition coefficient (Wildman–Crippen LogP) is 4.18. The molecule has 0 bridgehead atoms. The normalized spacial score (nSPS) is 24.4. The van der Waals surface area contributed by atoms with Gasteiger partial charge in [0, 0.05) is 24.3 Å². The van der Waals surface area contributed by atoms with E-state index in [-0.39, 0.29) is 10.6 Å². The lowest BCUT2D eigenvalue weighted by Gasteiger charge is -2.55. The molecule has 0 atom stereocenters. The number of hydrogen-bond donors (Lipinski definition) is 1. The Morgan fingerprint density at radius 1 is 1.11 bits per heavy atom. The molecule has 10 heteroatoms. The van der Waals surface area contributed by atoms with Crippen molar-refractivity contribution in [1.82, 2.24) is 9.71 Å². The molecule has 7 rings (SSSR count). The first-order valence-corrected chi connectivity index (χ1v) is 15.0. The molecular weight excluding hydrogens is 514 g/mol. The van der Waals surface area contributed by atoms with Gasteiger partial charge in [0.25, 0.3) is 15.9 Å². The van der Waals surface area contributed by atoms with Gasteiger partial charge in [-0.25, -0.2) is 9.71 Å². The van der Waals surface area contributed by atoms with Gasteiger partial charge in [-0.2, -0.15) is 8.42 Å². The number of hydrogen-bond acceptors (Lipinski definition) is 7. The van der Waals surface area contributed by atoms with Crippen LogP contribution in [0.4, 0.5) is 5.82 Å². The van der Waals surface area contributed by atoms with Crippen LogP contribution in [0.15, 0.2) is 41.4 Å². The third-order valence-corrected chi connectivity index (χ3v) is 10.5. The Morgan fingerprint density at radius 3 is 2.49 bits per heavy atom. The zero-order valence-electron chi connectivity index (χ0n) is 20.5. The number of carbonyl (C=O) groups excluding carboxylic acids is 1. The molecule has 0 unspecified atom stereocenters. The molecule has 1 aromatic carbocycles. The Kier molecular flexibility index (Phi) is 5.18. The molecule has 8 nitrogen and oxygen atoms in total. The van der Waals surface area contributed by atoms with E-state index in [1.54, 1.807) is 18.2 Å². The molecule has 1 N–H and O–H groups in total. The van der Waals surface area contributed by atoms with E-state index in [1.165, 1.54) is 25.3 Å². The van der Waals surface area contributed by atoms with Gasteiger partial charge in [0.15, 0.2) is 10.6 Å². The molecule has 5 aliphatic rings. The Balaban J connectivity index is 1.06. The highest BCUT2D eigenvalue weighted by atomic mass is 35.5. The van der Waals surface area contributed by atoms with Crippen molar-refractivity contribution >= 4 is 33.3 Å². The molecule has 3 saturated carbocycles. The van der Waals surface area contributed by atoms with Crippen LogP contribution < -0.4 is 14.4 Å². The molecule has 5 fully saturated rings. The second-order valence-corrected chi connectivity index (χ2v) is 13.7. The standard InChI is InChI=1S/C27H30ClN3O5S/c28-19-5-6-20(18-14-25(15-18)7-2-8-25)21(13-19)36-27(9-10-27)24(32)30-37(33,34)23-4-1-3-22(29-23)31-16-26(17-31)11-12-35-26/h1,3-6,13,18H,2,7-12,14-17H2,(H,30,32). The minimum Gasteiger partial charge on any atom is -0.477 e. The average Bonchev–Trinajstić information content (AvgIpc) is 3.52. The number of sulfonamides is 1. The maximum absolute atomic E-state index is 13.2. The molecule has 2 aromatic rings. The van der Waals surface area contributed by atoms with Gasteiger partial charge in [0.05, 0.1) is 19.7 Å². The minimum atomic E-state index is -4.17. The third kappa shape index (κ3) is 4.01. The summed E-state index contributed by atoms with van der Waals surface area (Å²) in [5.41, 5.74) is 0.235. The van der Waals surface area contributed by atoms with Gasteiger partial charge in [-0.3, -0.25) is 4.79 Å². The summed E-state index contributed by atoms with van der Waals surface area (Å²) in [4.78, 5) is 19.6. The van der Waals surface area contributed by atoms with Crippen LogP contribution in [-0.4, -0.2) is 50.2 Å². The fraction of sp³-hybridized carbons (Fsp3) is 0.556. The van der Waals surface area contributed by atoms with Crippen molar-refractivity contribution in [3.8, 4) is 5.75 Å². The quantitative estimate of drug-likeness (QED) is 0.559. The summed E-state index contributed by atoms with van der Waals surface area (Å²) in [6.45, 7) is 2.15. The summed E-state index contributed by atoms with van der Waals surface area (Å²) in [5.74, 6) is 0.859. The number of benzene rings is 1. The average molecular weight is 544 g/mol. The number of aromatic nitrogens is 1. The largest absolute Gasteiger partial charge is 0.477 e. The minimum absolute atomic E-state index is 0.0996. The Bertz CT molecular complexity index is 1370. The molecule has 0 radical (unpaired) electrons. The zero-order chi connectivity index (χ0) is 25.5. The number of pyridine rings is 1. The number of amides is 1. The molecular formula is C27H30ClN3O5S. The summed E-state index contributed by atoms with van der Waals surface area (Å²) >= 11 is 6.28. The Hall–Kier alpha value is -2.36. The lowest BCUT2D eigenvalue weighted by atomic mass is 9.50. The molecule has 2 aliphatic heterocycles. The van der Waals surface area contributed by atoms with Gasteiger partial charge >= 0.3 is 0 Å². The summed E-state index contributed by atoms with van der Waals surface area (Å²) in [6.07, 6.45) is 8.04. The second-order valence-electron chi connectivity index (χ2n) is 11.6. The number of nitrogens with zero attached hydrogens (tertiary/aromatic N) is 2. The molecule has 196 valence electrons. The Morgan fingerprint density at radius 2 is 1.86 bits per heavy atom. The highest BCUT2D eigenvalue weighted by molar-refractivity contribution is 7.90. The molecule has 3 aliphatic carbocycles. The van der Waals surface area contributed by atoms with E-state index in [4.69, 9.17) is 21.1 Å². The van der Waals surface area contributed by atoms with Gasteiger partial charge in [-0.1, -0.05) is 30.2 Å². The molecule has 1 aromatic heterocycles. The Labute approximate surface area is 221 Å². The van der Waals surface area contributed by atoms with Crippen molar-refractivity contribution in [3.63, 3.8) is 0 Å². The molecule has 37 heavy (non-hydrogen) atoms. The van der Waals surface area contributed by atoms with Crippen molar-refractivity contribution < 1.29 is 22.7 Å². The van der Waals surface area contributed by atoms with Crippen molar-refractivity contribution in [1.29, 1.82) is 0 Å². The second kappa shape index (κ2) is 8.07. The van der Waals surface area contributed by atoms with Crippen LogP contribution in [-0.2, 0) is 19.6 Å². The highest BCUT2D eigenvalue weighted by Crippen LogP contribution is 2.63. The first-order chi connectivity index (χ1) is 17.7. The number of anilines is 1. The topological polar surface area (TPSA) is 97.8 Å². The number of halogens is 1. The fourth-order valence-corrected chi connectivity index (χ4v) is 7.54. The van der Waals surface area contributed by atoms with Crippen LogP contribution in [0.3, 0.4) is 0 Å². The third-order valence-electron chi connectivity index (χ3n) is 9.07. The molecule has 1 amide bonds. The maximum Gasteiger partial charge on any atom is 0.281 e. The molecule has 3 heterocycles. The zero-order valence-corrected chi connectivity index (χ0v) is 22.1. The van der Waals surface area contributed by atoms with Crippen LogP contribution in [0.2, 0.25) is 5.02 Å². The van der Waals surface area contributed by atoms with Crippen molar-refractivity contribution in [2.24, 2.45) is 5.41 Å². The van der Waals surface area contributed by atoms with Gasteiger partial charge in [0.2, 0.25) is 0 Å². The van der Waals surface area contributed by atoms with Crippen molar-refractivity contribution in [2.45, 2.75) is 73.5 Å². The van der Waals surface area contributed by atoms with Crippen LogP contribution in [0, 0.1) is 5.41 Å². The lowest BCUT2D eigenvalue weighted by molar-refractivity contribution is -0.161. The summed E-state index contributed by atoms with van der Waals surface area (Å²) in [7, 11) is -4.17. The maximum atomic E-state index is 13.2. The van der Waals surface area contributed by atoms with E-state index in [2.05, 4.69) is 9.71 Å². The van der Waals surface area contributed by atoms with Crippen LogP contribution in [0.25, 0.3) is 0 Å². The van der Waals surface area contributed by atoms with Gasteiger partial charge < -0.3 is 14.4 Å². The van der Waals surface area contributed by atoms with Crippen molar-refractivity contribution in [3.05, 3.63) is 47.0 Å². The first kappa shape index (κ1) is 23.7. The van der Waals surface area contributed by atoms with E-state index in [0.29, 0.717) is 53.9 Å². The fourth-order valence-electron chi connectivity index (χ4n) is 6.37. The van der Waals surface area contributed by atoms with Crippen molar-refractivity contribution in [2.75, 3.05) is 24.6 Å². The SMILES string of the molecule is O=C(NS(=O)(=O)c1cccc(N2CC3(CCO3)C2)n1)C1(Oc2cc(Cl)ccc2C2CC3(CCC3)C2)CC1. The first-order valence-electron chi connectivity index (χ1n) is 13.1. The number of nitrogens with one attached hydrogen (secondary N) is 1. The van der Waals surface area contributed by atoms with E-state index in [1.807, 2.05) is 17.0 Å². The van der Waals surface area contributed by atoms with Gasteiger partial charge in [-0.15, -0.1) is 0 Å². The molecule has 2 spiro atoms. The van der Waals surface area contributed by atoms with Gasteiger partial charge in [-0.05, 0) is 66.8 Å². The summed E-state index contributed by atoms with van der Waals surface area (Å²) in [6, 6.07) is 10.4. The summed E-state index contributed by atoms with van der Waals surface area (Å²) in [5, 5.41) is 0.342. The highest BCUT2D eigenvalue weighted by Gasteiger charge is 2.55. The van der Waals surface area contributed by atoms with Crippen LogP contribution >= 0.6 is 11.6 Å². The van der Waals surface area contributed by atoms with E-state index in [0.717, 1.165) is 31.4 Å². The molecule has 2 saturated heterocycles. The smallest absolute Gasteiger partial charge is 0.281 e.